The third-order valence-electron chi connectivity index (χ3n) is 2.87. The summed E-state index contributed by atoms with van der Waals surface area (Å²) in [5.41, 5.74) is 0. The van der Waals surface area contributed by atoms with Crippen LogP contribution in [-0.4, -0.2) is 58.8 Å². The quantitative estimate of drug-likeness (QED) is 0.514. The van der Waals surface area contributed by atoms with Gasteiger partial charge in [-0.05, 0) is 12.8 Å². The molecule has 22 heavy (non-hydrogen) atoms. The van der Waals surface area contributed by atoms with Crippen molar-refractivity contribution in [2.75, 3.05) is 31.2 Å². The Labute approximate surface area is 137 Å². The van der Waals surface area contributed by atoms with Crippen molar-refractivity contribution < 1.29 is 9.59 Å². The summed E-state index contributed by atoms with van der Waals surface area (Å²) in [4.78, 5) is 25.1. The molecule has 1 aromatic heterocycles. The standard InChI is InChI=1S/C13H19N5O2S2/c1-3-6-14-12-16-17-13(22-12)21-8-11(20)18(2)7-10(19)15-9-4-5-9/h3,9H,1,4-8H2,2H3,(H,14,16)(H,15,19). The number of nitrogens with one attached hydrogen (secondary N) is 2. The molecule has 0 atom stereocenters. The lowest BCUT2D eigenvalue weighted by molar-refractivity contribution is -0.132. The average molecular weight is 341 g/mol. The average Bonchev–Trinajstić information content (AvgIpc) is 3.18. The first-order valence-electron chi connectivity index (χ1n) is 6.93. The zero-order valence-corrected chi connectivity index (χ0v) is 14.0. The minimum atomic E-state index is -0.105. The third-order valence-corrected chi connectivity index (χ3v) is 4.87. The number of rotatable bonds is 9. The molecule has 1 saturated carbocycles. The van der Waals surface area contributed by atoms with Crippen molar-refractivity contribution in [2.45, 2.75) is 23.2 Å². The molecule has 120 valence electrons. The zero-order valence-electron chi connectivity index (χ0n) is 12.4. The van der Waals surface area contributed by atoms with Gasteiger partial charge in [-0.1, -0.05) is 29.2 Å². The number of carbonyl (C=O) groups is 2. The first-order chi connectivity index (χ1) is 10.6. The van der Waals surface area contributed by atoms with E-state index in [1.165, 1.54) is 28.0 Å². The predicted octanol–water partition coefficient (Wildman–Crippen LogP) is 0.965. The number of hydrogen-bond donors (Lipinski definition) is 2. The van der Waals surface area contributed by atoms with Crippen LogP contribution in [0.4, 0.5) is 5.13 Å². The van der Waals surface area contributed by atoms with Gasteiger partial charge in [0.2, 0.25) is 16.9 Å². The lowest BCUT2D eigenvalue weighted by Gasteiger charge is -2.16. The van der Waals surface area contributed by atoms with E-state index in [9.17, 15) is 9.59 Å². The summed E-state index contributed by atoms with van der Waals surface area (Å²) < 4.78 is 0.718. The lowest BCUT2D eigenvalue weighted by Crippen LogP contribution is -2.39. The van der Waals surface area contributed by atoms with Crippen molar-refractivity contribution in [1.29, 1.82) is 0 Å². The Balaban J connectivity index is 1.70. The van der Waals surface area contributed by atoms with Crippen LogP contribution in [0.1, 0.15) is 12.8 Å². The van der Waals surface area contributed by atoms with E-state index in [-0.39, 0.29) is 24.1 Å². The molecule has 1 fully saturated rings. The van der Waals surface area contributed by atoms with Crippen LogP contribution in [0.25, 0.3) is 0 Å². The van der Waals surface area contributed by atoms with E-state index < -0.39 is 0 Å². The normalized spacial score (nSPS) is 13.5. The second-order valence-corrected chi connectivity index (χ2v) is 7.12. The Kier molecular flexibility index (Phi) is 6.20. The first-order valence-corrected chi connectivity index (χ1v) is 8.73. The second kappa shape index (κ2) is 8.14. The molecule has 0 unspecified atom stereocenters. The second-order valence-electron chi connectivity index (χ2n) is 4.92. The maximum Gasteiger partial charge on any atom is 0.239 e. The van der Waals surface area contributed by atoms with E-state index in [2.05, 4.69) is 27.4 Å². The van der Waals surface area contributed by atoms with E-state index in [1.54, 1.807) is 13.1 Å². The molecule has 0 aromatic carbocycles. The number of anilines is 1. The molecule has 0 radical (unpaired) electrons. The fourth-order valence-electron chi connectivity index (χ4n) is 1.54. The Hall–Kier alpha value is -1.61. The van der Waals surface area contributed by atoms with Crippen molar-refractivity contribution in [2.24, 2.45) is 0 Å². The molecule has 2 amide bonds. The Morgan fingerprint density at radius 3 is 2.95 bits per heavy atom. The van der Waals surface area contributed by atoms with Gasteiger partial charge in [-0.3, -0.25) is 9.59 Å². The van der Waals surface area contributed by atoms with Gasteiger partial charge in [-0.2, -0.15) is 0 Å². The number of carbonyl (C=O) groups excluding carboxylic acids is 2. The van der Waals surface area contributed by atoms with Crippen LogP contribution in [-0.2, 0) is 9.59 Å². The van der Waals surface area contributed by atoms with Gasteiger partial charge in [0.05, 0.1) is 12.3 Å². The van der Waals surface area contributed by atoms with Crippen LogP contribution in [0.2, 0.25) is 0 Å². The van der Waals surface area contributed by atoms with Gasteiger partial charge < -0.3 is 15.5 Å². The summed E-state index contributed by atoms with van der Waals surface area (Å²) in [7, 11) is 1.63. The van der Waals surface area contributed by atoms with E-state index >= 15 is 0 Å². The lowest BCUT2D eigenvalue weighted by atomic mass is 10.5. The molecule has 0 saturated heterocycles. The van der Waals surface area contributed by atoms with E-state index in [0.29, 0.717) is 17.7 Å². The molecule has 2 N–H and O–H groups in total. The summed E-state index contributed by atoms with van der Waals surface area (Å²) >= 11 is 2.71. The van der Waals surface area contributed by atoms with E-state index in [0.717, 1.165) is 17.2 Å². The van der Waals surface area contributed by atoms with Crippen molar-refractivity contribution in [3.05, 3.63) is 12.7 Å². The first kappa shape index (κ1) is 16.8. The summed E-state index contributed by atoms with van der Waals surface area (Å²) in [5.74, 6) is 0.0328. The van der Waals surface area contributed by atoms with Gasteiger partial charge in [0, 0.05) is 19.6 Å². The third kappa shape index (κ3) is 5.64. The number of likely N-dealkylation sites (N-methyl/N-ethyl adjacent to an activating group) is 1. The van der Waals surface area contributed by atoms with Gasteiger partial charge in [0.25, 0.3) is 0 Å². The molecule has 1 heterocycles. The van der Waals surface area contributed by atoms with E-state index in [1.807, 2.05) is 0 Å². The minimum Gasteiger partial charge on any atom is -0.357 e. The van der Waals surface area contributed by atoms with Crippen molar-refractivity contribution in [3.63, 3.8) is 0 Å². The summed E-state index contributed by atoms with van der Waals surface area (Å²) in [6.07, 6.45) is 3.82. The highest BCUT2D eigenvalue weighted by molar-refractivity contribution is 8.01. The number of aromatic nitrogens is 2. The molecule has 2 rings (SSSR count). The van der Waals surface area contributed by atoms with Crippen LogP contribution in [0, 0.1) is 0 Å². The highest BCUT2D eigenvalue weighted by Crippen LogP contribution is 2.25. The molecule has 1 aliphatic carbocycles. The highest BCUT2D eigenvalue weighted by Gasteiger charge is 2.24. The van der Waals surface area contributed by atoms with Crippen molar-refractivity contribution in [3.8, 4) is 0 Å². The largest absolute Gasteiger partial charge is 0.357 e. The molecule has 9 heteroatoms. The number of thioether (sulfide) groups is 1. The zero-order chi connectivity index (χ0) is 15.9. The topological polar surface area (TPSA) is 87.2 Å². The van der Waals surface area contributed by atoms with Crippen LogP contribution < -0.4 is 10.6 Å². The fraction of sp³-hybridized carbons (Fsp3) is 0.538. The summed E-state index contributed by atoms with van der Waals surface area (Å²) in [6.45, 7) is 4.33. The van der Waals surface area contributed by atoms with Crippen molar-refractivity contribution in [1.82, 2.24) is 20.4 Å². The molecule has 1 aromatic rings. The van der Waals surface area contributed by atoms with E-state index in [4.69, 9.17) is 0 Å². The summed E-state index contributed by atoms with van der Waals surface area (Å²) in [5, 5.41) is 14.6. The van der Waals surface area contributed by atoms with Crippen LogP contribution in [0.3, 0.4) is 0 Å². The Morgan fingerprint density at radius 1 is 1.50 bits per heavy atom. The molecule has 1 aliphatic rings. The molecule has 0 aliphatic heterocycles. The maximum atomic E-state index is 12.0. The van der Waals surface area contributed by atoms with Crippen molar-refractivity contribution >= 4 is 40.0 Å². The number of nitrogens with zero attached hydrogens (tertiary/aromatic N) is 3. The van der Waals surface area contributed by atoms with Crippen LogP contribution in [0.15, 0.2) is 17.0 Å². The molecule has 0 bridgehead atoms. The van der Waals surface area contributed by atoms with Crippen LogP contribution >= 0.6 is 23.1 Å². The fourth-order valence-corrected chi connectivity index (χ4v) is 3.24. The van der Waals surface area contributed by atoms with Gasteiger partial charge in [0.1, 0.15) is 0 Å². The van der Waals surface area contributed by atoms with Crippen LogP contribution in [0.5, 0.6) is 0 Å². The monoisotopic (exact) mass is 341 g/mol. The highest BCUT2D eigenvalue weighted by atomic mass is 32.2. The summed E-state index contributed by atoms with van der Waals surface area (Å²) in [6, 6.07) is 0.313. The smallest absolute Gasteiger partial charge is 0.239 e. The number of hydrogen-bond acceptors (Lipinski definition) is 7. The Morgan fingerprint density at radius 2 is 2.27 bits per heavy atom. The SMILES string of the molecule is C=CCNc1nnc(SCC(=O)N(C)CC(=O)NC2CC2)s1. The minimum absolute atomic E-state index is 0.0954. The molecule has 7 nitrogen and oxygen atoms in total. The Bertz CT molecular complexity index is 544. The predicted molar refractivity (Wildman–Crippen MR) is 88.1 cm³/mol. The van der Waals surface area contributed by atoms with Gasteiger partial charge in [0.15, 0.2) is 4.34 Å². The maximum absolute atomic E-state index is 12.0. The van der Waals surface area contributed by atoms with Gasteiger partial charge in [-0.15, -0.1) is 16.8 Å². The van der Waals surface area contributed by atoms with Gasteiger partial charge >= 0.3 is 0 Å². The van der Waals surface area contributed by atoms with Gasteiger partial charge in [-0.25, -0.2) is 0 Å². The number of amides is 2. The molecular weight excluding hydrogens is 322 g/mol. The molecular formula is C13H19N5O2S2. The molecule has 0 spiro atoms.